The van der Waals surface area contributed by atoms with Gasteiger partial charge in [0.1, 0.15) is 5.75 Å². The smallest absolute Gasteiger partial charge is 0.335 e. The summed E-state index contributed by atoms with van der Waals surface area (Å²) in [5.41, 5.74) is 0. The van der Waals surface area contributed by atoms with Crippen LogP contribution in [0.15, 0.2) is 36.9 Å². The summed E-state index contributed by atoms with van der Waals surface area (Å²) in [6.07, 6.45) is 1.07. The molecule has 2 rings (SSSR count). The standard InChI is InChI=1S/C14H10Cl2O3/c1-3-13(17)19-14-9-5-4-8(15)6-10(9)12(18-2)7-11(14)16/h3-7H,1H2,2H3. The van der Waals surface area contributed by atoms with Gasteiger partial charge in [0.2, 0.25) is 0 Å². The minimum Gasteiger partial charge on any atom is -0.496 e. The monoisotopic (exact) mass is 296 g/mol. The molecule has 5 heteroatoms. The predicted molar refractivity (Wildman–Crippen MR) is 76.4 cm³/mol. The van der Waals surface area contributed by atoms with Crippen molar-refractivity contribution in [2.24, 2.45) is 0 Å². The van der Waals surface area contributed by atoms with Gasteiger partial charge in [-0.15, -0.1) is 0 Å². The van der Waals surface area contributed by atoms with Crippen LogP contribution in [0.3, 0.4) is 0 Å². The van der Waals surface area contributed by atoms with E-state index >= 15 is 0 Å². The van der Waals surface area contributed by atoms with Crippen LogP contribution < -0.4 is 9.47 Å². The fraction of sp³-hybridized carbons (Fsp3) is 0.0714. The van der Waals surface area contributed by atoms with Crippen molar-refractivity contribution in [3.63, 3.8) is 0 Å². The van der Waals surface area contributed by atoms with Crippen LogP contribution >= 0.6 is 23.2 Å². The minimum atomic E-state index is -0.580. The highest BCUT2D eigenvalue weighted by Gasteiger charge is 2.15. The number of hydrogen-bond acceptors (Lipinski definition) is 3. The third-order valence-electron chi connectivity index (χ3n) is 2.56. The summed E-state index contributed by atoms with van der Waals surface area (Å²) in [5.74, 6) is 0.239. The highest BCUT2D eigenvalue weighted by atomic mass is 35.5. The van der Waals surface area contributed by atoms with Gasteiger partial charge in [0.15, 0.2) is 5.75 Å². The van der Waals surface area contributed by atoms with Crippen LogP contribution in [0.5, 0.6) is 11.5 Å². The van der Waals surface area contributed by atoms with Crippen molar-refractivity contribution in [3.05, 3.63) is 47.0 Å². The fourth-order valence-corrected chi connectivity index (χ4v) is 2.13. The fourth-order valence-electron chi connectivity index (χ4n) is 1.72. The van der Waals surface area contributed by atoms with E-state index in [-0.39, 0.29) is 10.8 Å². The molecule has 0 heterocycles. The second-order valence-corrected chi connectivity index (χ2v) is 4.55. The van der Waals surface area contributed by atoms with E-state index in [0.717, 1.165) is 6.08 Å². The number of rotatable bonds is 3. The summed E-state index contributed by atoms with van der Waals surface area (Å²) in [4.78, 5) is 11.3. The van der Waals surface area contributed by atoms with Gasteiger partial charge in [0, 0.05) is 27.9 Å². The molecular formula is C14H10Cl2O3. The summed E-state index contributed by atoms with van der Waals surface area (Å²) < 4.78 is 10.4. The molecule has 0 fully saturated rings. The van der Waals surface area contributed by atoms with Gasteiger partial charge in [0.25, 0.3) is 0 Å². The lowest BCUT2D eigenvalue weighted by molar-refractivity contribution is -0.128. The summed E-state index contributed by atoms with van der Waals surface area (Å²) in [6.45, 7) is 3.35. The number of carbonyl (C=O) groups excluding carboxylic acids is 1. The zero-order chi connectivity index (χ0) is 14.0. The van der Waals surface area contributed by atoms with Gasteiger partial charge in [-0.05, 0) is 18.2 Å². The van der Waals surface area contributed by atoms with Crippen LogP contribution in [-0.4, -0.2) is 13.1 Å². The summed E-state index contributed by atoms with van der Waals surface area (Å²) >= 11 is 12.1. The Hall–Kier alpha value is -1.71. The molecule has 0 amide bonds. The van der Waals surface area contributed by atoms with Gasteiger partial charge in [0.05, 0.1) is 12.1 Å². The van der Waals surface area contributed by atoms with Crippen LogP contribution in [0, 0.1) is 0 Å². The molecule has 0 aliphatic rings. The highest BCUT2D eigenvalue weighted by Crippen LogP contribution is 2.40. The highest BCUT2D eigenvalue weighted by molar-refractivity contribution is 6.34. The Morgan fingerprint density at radius 2 is 2.00 bits per heavy atom. The number of esters is 1. The maximum atomic E-state index is 11.3. The van der Waals surface area contributed by atoms with E-state index in [0.29, 0.717) is 21.5 Å². The third kappa shape index (κ3) is 2.67. The number of methoxy groups -OCH3 is 1. The van der Waals surface area contributed by atoms with E-state index in [4.69, 9.17) is 32.7 Å². The van der Waals surface area contributed by atoms with Crippen molar-refractivity contribution >= 4 is 39.9 Å². The molecule has 2 aromatic rings. The van der Waals surface area contributed by atoms with Crippen molar-refractivity contribution in [1.29, 1.82) is 0 Å². The minimum absolute atomic E-state index is 0.263. The molecule has 2 aromatic carbocycles. The van der Waals surface area contributed by atoms with Gasteiger partial charge in [-0.25, -0.2) is 4.79 Å². The predicted octanol–water partition coefficient (Wildman–Crippen LogP) is 4.25. The molecule has 0 saturated heterocycles. The number of carbonyl (C=O) groups is 1. The van der Waals surface area contributed by atoms with Gasteiger partial charge in [-0.2, -0.15) is 0 Å². The van der Waals surface area contributed by atoms with Crippen molar-refractivity contribution in [3.8, 4) is 11.5 Å². The molecule has 0 bridgehead atoms. The normalized spacial score (nSPS) is 10.3. The molecule has 0 atom stereocenters. The van der Waals surface area contributed by atoms with E-state index in [1.165, 1.54) is 7.11 Å². The second kappa shape index (κ2) is 5.51. The Morgan fingerprint density at radius 3 is 2.63 bits per heavy atom. The quantitative estimate of drug-likeness (QED) is 0.483. The molecule has 0 aliphatic carbocycles. The summed E-state index contributed by atoms with van der Waals surface area (Å²) in [5, 5.41) is 2.19. The maximum absolute atomic E-state index is 11.3. The van der Waals surface area contributed by atoms with Gasteiger partial charge in [-0.3, -0.25) is 0 Å². The number of hydrogen-bond donors (Lipinski definition) is 0. The topological polar surface area (TPSA) is 35.5 Å². The lowest BCUT2D eigenvalue weighted by Crippen LogP contribution is -2.04. The van der Waals surface area contributed by atoms with Crippen LogP contribution in [0.4, 0.5) is 0 Å². The van der Waals surface area contributed by atoms with E-state index in [1.807, 2.05) is 0 Å². The molecular weight excluding hydrogens is 287 g/mol. The Balaban J connectivity index is 2.73. The van der Waals surface area contributed by atoms with Crippen molar-refractivity contribution in [2.75, 3.05) is 7.11 Å². The van der Waals surface area contributed by atoms with E-state index in [2.05, 4.69) is 6.58 Å². The van der Waals surface area contributed by atoms with E-state index in [1.54, 1.807) is 24.3 Å². The lowest BCUT2D eigenvalue weighted by Gasteiger charge is -2.12. The first-order valence-electron chi connectivity index (χ1n) is 5.37. The number of ether oxygens (including phenoxy) is 2. The van der Waals surface area contributed by atoms with Gasteiger partial charge >= 0.3 is 5.97 Å². The zero-order valence-electron chi connectivity index (χ0n) is 10.1. The van der Waals surface area contributed by atoms with Gasteiger partial charge in [-0.1, -0.05) is 29.8 Å². The lowest BCUT2D eigenvalue weighted by atomic mass is 10.1. The molecule has 19 heavy (non-hydrogen) atoms. The first-order chi connectivity index (χ1) is 9.06. The SMILES string of the molecule is C=CC(=O)Oc1c(Cl)cc(OC)c2cc(Cl)ccc12. The van der Waals surface area contributed by atoms with Crippen molar-refractivity contribution in [1.82, 2.24) is 0 Å². The average molecular weight is 297 g/mol. The molecule has 0 radical (unpaired) electrons. The van der Waals surface area contributed by atoms with Crippen LogP contribution in [0.25, 0.3) is 10.8 Å². The van der Waals surface area contributed by atoms with Crippen LogP contribution in [0.1, 0.15) is 0 Å². The molecule has 0 aromatic heterocycles. The average Bonchev–Trinajstić information content (AvgIpc) is 2.41. The Morgan fingerprint density at radius 1 is 1.26 bits per heavy atom. The Labute approximate surface area is 120 Å². The first kappa shape index (κ1) is 13.7. The largest absolute Gasteiger partial charge is 0.496 e. The number of halogens is 2. The summed E-state index contributed by atoms with van der Waals surface area (Å²) in [6, 6.07) is 6.70. The van der Waals surface area contributed by atoms with Crippen molar-refractivity contribution in [2.45, 2.75) is 0 Å². The van der Waals surface area contributed by atoms with Crippen molar-refractivity contribution < 1.29 is 14.3 Å². The first-order valence-corrected chi connectivity index (χ1v) is 6.12. The van der Waals surface area contributed by atoms with E-state index < -0.39 is 5.97 Å². The van der Waals surface area contributed by atoms with Crippen LogP contribution in [-0.2, 0) is 4.79 Å². The maximum Gasteiger partial charge on any atom is 0.335 e. The molecule has 0 saturated carbocycles. The molecule has 0 spiro atoms. The van der Waals surface area contributed by atoms with Crippen LogP contribution in [0.2, 0.25) is 10.0 Å². The molecule has 0 unspecified atom stereocenters. The summed E-state index contributed by atoms with van der Waals surface area (Å²) in [7, 11) is 1.53. The molecule has 0 aliphatic heterocycles. The van der Waals surface area contributed by atoms with E-state index in [9.17, 15) is 4.79 Å². The number of fused-ring (bicyclic) bond motifs is 1. The molecule has 98 valence electrons. The second-order valence-electron chi connectivity index (χ2n) is 3.70. The molecule has 0 N–H and O–H groups in total. The van der Waals surface area contributed by atoms with Gasteiger partial charge < -0.3 is 9.47 Å². The Kier molecular flexibility index (Phi) is 3.98. The molecule has 3 nitrogen and oxygen atoms in total. The Bertz CT molecular complexity index is 665. The zero-order valence-corrected chi connectivity index (χ0v) is 11.6. The number of benzene rings is 2. The third-order valence-corrected chi connectivity index (χ3v) is 3.07.